The highest BCUT2D eigenvalue weighted by molar-refractivity contribution is 7.98. The van der Waals surface area contributed by atoms with Crippen LogP contribution in [-0.2, 0) is 4.79 Å². The molecule has 0 radical (unpaired) electrons. The number of nitrogens with one attached hydrogen (secondary N) is 2. The van der Waals surface area contributed by atoms with E-state index in [1.54, 1.807) is 17.8 Å². The summed E-state index contributed by atoms with van der Waals surface area (Å²) in [6.45, 7) is 1.46. The fraction of sp³-hybridized carbons (Fsp3) is 0.588. The van der Waals surface area contributed by atoms with Crippen molar-refractivity contribution in [1.82, 2.24) is 10.6 Å². The standard InChI is InChI=1S/C17H24F2N2OS.ClH/c1-23-9-3-2-4-17(22)21-16-11-20-8-7-13(16)12-5-6-14(18)15(19)10-12;/h5-6,10,13,16,20H,2-4,7-9,11H2,1H3,(H,21,22);1H. The van der Waals surface area contributed by atoms with Gasteiger partial charge in [-0.1, -0.05) is 6.07 Å². The van der Waals surface area contributed by atoms with E-state index in [1.165, 1.54) is 6.07 Å². The third kappa shape index (κ3) is 6.22. The second-order valence-corrected chi connectivity index (χ2v) is 6.88. The number of thioether (sulfide) groups is 1. The predicted molar refractivity (Wildman–Crippen MR) is 98.0 cm³/mol. The van der Waals surface area contributed by atoms with Crippen molar-refractivity contribution in [2.24, 2.45) is 0 Å². The first kappa shape index (κ1) is 21.2. The molecule has 0 aliphatic carbocycles. The molecule has 1 saturated heterocycles. The summed E-state index contributed by atoms with van der Waals surface area (Å²) in [6.07, 6.45) is 5.27. The lowest BCUT2D eigenvalue weighted by Crippen LogP contribution is -2.50. The first-order valence-corrected chi connectivity index (χ1v) is 9.45. The van der Waals surface area contributed by atoms with Crippen LogP contribution in [0.4, 0.5) is 8.78 Å². The topological polar surface area (TPSA) is 41.1 Å². The van der Waals surface area contributed by atoms with Crippen LogP contribution < -0.4 is 10.6 Å². The Labute approximate surface area is 152 Å². The van der Waals surface area contributed by atoms with Crippen molar-refractivity contribution in [3.05, 3.63) is 35.4 Å². The molecule has 0 spiro atoms. The van der Waals surface area contributed by atoms with Crippen LogP contribution in [0.2, 0.25) is 0 Å². The van der Waals surface area contributed by atoms with Crippen molar-refractivity contribution in [2.45, 2.75) is 37.6 Å². The molecule has 1 aliphatic heterocycles. The van der Waals surface area contributed by atoms with Gasteiger partial charge in [0.1, 0.15) is 0 Å². The van der Waals surface area contributed by atoms with Crippen molar-refractivity contribution >= 4 is 30.1 Å². The minimum absolute atomic E-state index is 0. The smallest absolute Gasteiger partial charge is 0.220 e. The number of piperidine rings is 1. The summed E-state index contributed by atoms with van der Waals surface area (Å²) >= 11 is 1.78. The molecule has 1 heterocycles. The quantitative estimate of drug-likeness (QED) is 0.714. The van der Waals surface area contributed by atoms with Crippen LogP contribution in [0.5, 0.6) is 0 Å². The molecular formula is C17H25ClF2N2OS. The van der Waals surface area contributed by atoms with Gasteiger partial charge in [-0.3, -0.25) is 4.79 Å². The van der Waals surface area contributed by atoms with Gasteiger partial charge in [-0.25, -0.2) is 8.78 Å². The summed E-state index contributed by atoms with van der Waals surface area (Å²) in [5.74, 6) is -0.551. The average Bonchev–Trinajstić information content (AvgIpc) is 2.55. The van der Waals surface area contributed by atoms with Crippen LogP contribution in [0, 0.1) is 11.6 Å². The summed E-state index contributed by atoms with van der Waals surface area (Å²) in [5.41, 5.74) is 0.748. The number of benzene rings is 1. The zero-order chi connectivity index (χ0) is 16.7. The van der Waals surface area contributed by atoms with E-state index >= 15 is 0 Å². The zero-order valence-corrected chi connectivity index (χ0v) is 15.5. The molecule has 0 saturated carbocycles. The lowest BCUT2D eigenvalue weighted by Gasteiger charge is -2.33. The van der Waals surface area contributed by atoms with Crippen molar-refractivity contribution < 1.29 is 13.6 Å². The molecule has 1 fully saturated rings. The molecule has 0 bridgehead atoms. The lowest BCUT2D eigenvalue weighted by atomic mass is 9.86. The molecule has 136 valence electrons. The molecule has 2 atom stereocenters. The molecule has 24 heavy (non-hydrogen) atoms. The molecule has 1 amide bonds. The highest BCUT2D eigenvalue weighted by Gasteiger charge is 2.28. The van der Waals surface area contributed by atoms with Gasteiger partial charge in [0.2, 0.25) is 5.91 Å². The first-order valence-electron chi connectivity index (χ1n) is 8.05. The van der Waals surface area contributed by atoms with Crippen molar-refractivity contribution in [3.8, 4) is 0 Å². The molecule has 3 nitrogen and oxygen atoms in total. The SMILES string of the molecule is CSCCCCC(=O)NC1CNCCC1c1ccc(F)c(F)c1.Cl. The maximum atomic E-state index is 13.5. The maximum absolute atomic E-state index is 13.5. The molecule has 1 aliphatic rings. The van der Waals surface area contributed by atoms with Crippen LogP contribution in [0.3, 0.4) is 0 Å². The van der Waals surface area contributed by atoms with Crippen LogP contribution in [-0.4, -0.2) is 37.0 Å². The number of rotatable bonds is 7. The van der Waals surface area contributed by atoms with Crippen LogP contribution in [0.1, 0.15) is 37.2 Å². The van der Waals surface area contributed by atoms with Gasteiger partial charge in [0.15, 0.2) is 11.6 Å². The van der Waals surface area contributed by atoms with Gasteiger partial charge in [0.05, 0.1) is 0 Å². The molecular weight excluding hydrogens is 354 g/mol. The van der Waals surface area contributed by atoms with E-state index in [-0.39, 0.29) is 30.3 Å². The summed E-state index contributed by atoms with van der Waals surface area (Å²) < 4.78 is 26.6. The molecule has 1 aromatic rings. The second kappa shape index (κ2) is 10.9. The monoisotopic (exact) mass is 378 g/mol. The van der Waals surface area contributed by atoms with E-state index in [1.807, 2.05) is 0 Å². The van der Waals surface area contributed by atoms with Gasteiger partial charge in [0, 0.05) is 24.9 Å². The Kier molecular flexibility index (Phi) is 9.63. The van der Waals surface area contributed by atoms with E-state index in [2.05, 4.69) is 16.9 Å². The molecule has 0 aromatic heterocycles. The summed E-state index contributed by atoms with van der Waals surface area (Å²) in [5, 5.41) is 6.31. The lowest BCUT2D eigenvalue weighted by molar-refractivity contribution is -0.122. The average molecular weight is 379 g/mol. The van der Waals surface area contributed by atoms with E-state index in [0.717, 1.165) is 43.2 Å². The zero-order valence-electron chi connectivity index (χ0n) is 13.8. The van der Waals surface area contributed by atoms with Crippen LogP contribution >= 0.6 is 24.2 Å². The fourth-order valence-electron chi connectivity index (χ4n) is 2.96. The van der Waals surface area contributed by atoms with Crippen LogP contribution in [0.15, 0.2) is 18.2 Å². The Balaban J connectivity index is 0.00000288. The summed E-state index contributed by atoms with van der Waals surface area (Å²) in [4.78, 5) is 12.1. The number of unbranched alkanes of at least 4 members (excludes halogenated alkanes) is 1. The number of hydrogen-bond donors (Lipinski definition) is 2. The van der Waals surface area contributed by atoms with Crippen molar-refractivity contribution in [2.75, 3.05) is 25.1 Å². The molecule has 7 heteroatoms. The molecule has 2 N–H and O–H groups in total. The maximum Gasteiger partial charge on any atom is 0.220 e. The number of halogens is 3. The van der Waals surface area contributed by atoms with E-state index in [0.29, 0.717) is 13.0 Å². The largest absolute Gasteiger partial charge is 0.351 e. The normalized spacial score (nSPS) is 20.3. The Morgan fingerprint density at radius 2 is 2.12 bits per heavy atom. The van der Waals surface area contributed by atoms with Gasteiger partial charge in [-0.05, 0) is 55.5 Å². The highest BCUT2D eigenvalue weighted by atomic mass is 35.5. The second-order valence-electron chi connectivity index (χ2n) is 5.90. The van der Waals surface area contributed by atoms with Crippen molar-refractivity contribution in [3.63, 3.8) is 0 Å². The first-order chi connectivity index (χ1) is 11.1. The Bertz CT molecular complexity index is 533. The molecule has 2 unspecified atom stereocenters. The molecule has 2 rings (SSSR count). The van der Waals surface area contributed by atoms with E-state index in [9.17, 15) is 13.6 Å². The molecule has 1 aromatic carbocycles. The number of amides is 1. The van der Waals surface area contributed by atoms with Crippen molar-refractivity contribution in [1.29, 1.82) is 0 Å². The van der Waals surface area contributed by atoms with Gasteiger partial charge >= 0.3 is 0 Å². The van der Waals surface area contributed by atoms with Gasteiger partial charge in [-0.2, -0.15) is 11.8 Å². The summed E-state index contributed by atoms with van der Waals surface area (Å²) in [7, 11) is 0. The Hall–Kier alpha value is -0.850. The van der Waals surface area contributed by atoms with Crippen LogP contribution in [0.25, 0.3) is 0 Å². The van der Waals surface area contributed by atoms with E-state index in [4.69, 9.17) is 0 Å². The van der Waals surface area contributed by atoms with Gasteiger partial charge in [0.25, 0.3) is 0 Å². The Morgan fingerprint density at radius 3 is 2.83 bits per heavy atom. The summed E-state index contributed by atoms with van der Waals surface area (Å²) in [6, 6.07) is 3.95. The number of carbonyl (C=O) groups is 1. The number of carbonyl (C=O) groups excluding carboxylic acids is 1. The Morgan fingerprint density at radius 1 is 1.33 bits per heavy atom. The van der Waals surface area contributed by atoms with E-state index < -0.39 is 11.6 Å². The van der Waals surface area contributed by atoms with Gasteiger partial charge in [-0.15, -0.1) is 12.4 Å². The third-order valence-electron chi connectivity index (χ3n) is 4.20. The van der Waals surface area contributed by atoms with Gasteiger partial charge < -0.3 is 10.6 Å². The fourth-order valence-corrected chi connectivity index (χ4v) is 3.46. The number of hydrogen-bond acceptors (Lipinski definition) is 3. The third-order valence-corrected chi connectivity index (χ3v) is 4.90. The minimum Gasteiger partial charge on any atom is -0.351 e. The predicted octanol–water partition coefficient (Wildman–Crippen LogP) is 3.48. The minimum atomic E-state index is -0.836. The highest BCUT2D eigenvalue weighted by Crippen LogP contribution is 2.27.